The van der Waals surface area contributed by atoms with Crippen LogP contribution in [0.5, 0.6) is 0 Å². The minimum Gasteiger partial charge on any atom is -0.309 e. The molecule has 78 valence electrons. The molecule has 0 spiro atoms. The van der Waals surface area contributed by atoms with Crippen LogP contribution in [0.2, 0.25) is 0 Å². The van der Waals surface area contributed by atoms with Gasteiger partial charge in [-0.05, 0) is 27.1 Å². The van der Waals surface area contributed by atoms with Crippen molar-refractivity contribution in [2.24, 2.45) is 5.73 Å². The van der Waals surface area contributed by atoms with E-state index in [4.69, 9.17) is 5.73 Å². The zero-order valence-corrected chi connectivity index (χ0v) is 8.58. The van der Waals surface area contributed by atoms with Crippen molar-refractivity contribution in [1.82, 2.24) is 20.4 Å². The van der Waals surface area contributed by atoms with E-state index in [1.165, 1.54) is 6.42 Å². The first-order valence-electron chi connectivity index (χ1n) is 4.78. The molecule has 0 amide bonds. The van der Waals surface area contributed by atoms with Gasteiger partial charge in [-0.2, -0.15) is 0 Å². The van der Waals surface area contributed by atoms with Crippen molar-refractivity contribution in [2.75, 3.05) is 40.5 Å². The Balaban J connectivity index is 2.02. The number of rotatable bonds is 4. The monoisotopic (exact) mass is 187 g/mol. The topological polar surface area (TPSA) is 56.6 Å². The van der Waals surface area contributed by atoms with Crippen LogP contribution in [0.1, 0.15) is 6.42 Å². The van der Waals surface area contributed by atoms with Crippen molar-refractivity contribution < 1.29 is 0 Å². The first-order valence-corrected chi connectivity index (χ1v) is 4.78. The maximum absolute atomic E-state index is 5.62. The van der Waals surface area contributed by atoms with Crippen LogP contribution in [0.4, 0.5) is 0 Å². The highest BCUT2D eigenvalue weighted by Crippen LogP contribution is 1.93. The van der Waals surface area contributed by atoms with E-state index in [-0.39, 0.29) is 6.29 Å². The van der Waals surface area contributed by atoms with Crippen LogP contribution >= 0.6 is 0 Å². The Labute approximate surface area is 80.2 Å². The van der Waals surface area contributed by atoms with Gasteiger partial charge in [-0.25, -0.2) is 0 Å². The summed E-state index contributed by atoms with van der Waals surface area (Å²) in [5, 5.41) is 6.30. The average Bonchev–Trinajstić information content (AvgIpc) is 2.08. The Hall–Kier alpha value is -0.200. The molecule has 4 N–H and O–H groups in total. The van der Waals surface area contributed by atoms with Crippen LogP contribution in [0.3, 0.4) is 0 Å². The van der Waals surface area contributed by atoms with Gasteiger partial charge in [0, 0.05) is 6.54 Å². The van der Waals surface area contributed by atoms with E-state index in [2.05, 4.69) is 34.5 Å². The summed E-state index contributed by atoms with van der Waals surface area (Å²) < 4.78 is 0. The summed E-state index contributed by atoms with van der Waals surface area (Å²) in [7, 11) is 4.20. The first kappa shape index (κ1) is 10.9. The van der Waals surface area contributed by atoms with E-state index in [9.17, 15) is 0 Å². The maximum Gasteiger partial charge on any atom is 0.111 e. The van der Waals surface area contributed by atoms with Gasteiger partial charge in [-0.15, -0.1) is 0 Å². The molecule has 0 aromatic heterocycles. The van der Waals surface area contributed by atoms with Crippen LogP contribution < -0.4 is 16.4 Å². The van der Waals surface area contributed by atoms with E-state index in [0.717, 1.165) is 26.4 Å². The third kappa shape index (κ3) is 4.54. The van der Waals surface area contributed by atoms with Gasteiger partial charge in [0.2, 0.25) is 0 Å². The summed E-state index contributed by atoms with van der Waals surface area (Å²) in [6, 6.07) is 0. The SMILES string of the molecule is CN(C)CCCN1CNC(N)NC1. The van der Waals surface area contributed by atoms with E-state index in [0.29, 0.717) is 0 Å². The molecule has 0 atom stereocenters. The zero-order valence-electron chi connectivity index (χ0n) is 8.58. The van der Waals surface area contributed by atoms with Crippen molar-refractivity contribution >= 4 is 0 Å². The highest BCUT2D eigenvalue weighted by molar-refractivity contribution is 4.66. The summed E-state index contributed by atoms with van der Waals surface area (Å²) in [4.78, 5) is 4.52. The molecule has 5 heteroatoms. The highest BCUT2D eigenvalue weighted by Gasteiger charge is 2.12. The fraction of sp³-hybridized carbons (Fsp3) is 1.00. The van der Waals surface area contributed by atoms with Crippen molar-refractivity contribution in [3.05, 3.63) is 0 Å². The molecule has 1 aliphatic rings. The molecular weight excluding hydrogens is 166 g/mol. The van der Waals surface area contributed by atoms with Gasteiger partial charge in [0.05, 0.1) is 13.3 Å². The molecule has 1 heterocycles. The smallest absolute Gasteiger partial charge is 0.111 e. The lowest BCUT2D eigenvalue weighted by molar-refractivity contribution is 0.150. The van der Waals surface area contributed by atoms with Gasteiger partial charge in [-0.3, -0.25) is 15.5 Å². The molecule has 5 nitrogen and oxygen atoms in total. The fourth-order valence-electron chi connectivity index (χ4n) is 1.35. The lowest BCUT2D eigenvalue weighted by Crippen LogP contribution is -2.61. The standard InChI is InChI=1S/C8H21N5/c1-12(2)4-3-5-13-6-10-8(9)11-7-13/h8,10-11H,3-7,9H2,1-2H3. The van der Waals surface area contributed by atoms with Gasteiger partial charge >= 0.3 is 0 Å². The molecule has 0 bridgehead atoms. The number of hydrogen-bond donors (Lipinski definition) is 3. The normalized spacial score (nSPS) is 21.2. The predicted octanol–water partition coefficient (Wildman–Crippen LogP) is -1.41. The fourth-order valence-corrected chi connectivity index (χ4v) is 1.35. The summed E-state index contributed by atoms with van der Waals surface area (Å²) in [6.07, 6.45) is 1.16. The molecule has 0 aliphatic carbocycles. The molecular formula is C8H21N5. The molecule has 1 fully saturated rings. The van der Waals surface area contributed by atoms with Crippen LogP contribution in [0.25, 0.3) is 0 Å². The average molecular weight is 187 g/mol. The van der Waals surface area contributed by atoms with Crippen molar-refractivity contribution in [3.8, 4) is 0 Å². The Bertz CT molecular complexity index is 130. The Morgan fingerprint density at radius 3 is 2.54 bits per heavy atom. The van der Waals surface area contributed by atoms with Crippen LogP contribution in [0, 0.1) is 0 Å². The van der Waals surface area contributed by atoms with Crippen LogP contribution in [-0.2, 0) is 0 Å². The van der Waals surface area contributed by atoms with Gasteiger partial charge in [0.15, 0.2) is 0 Å². The third-order valence-corrected chi connectivity index (χ3v) is 2.15. The molecule has 0 unspecified atom stereocenters. The van der Waals surface area contributed by atoms with Crippen LogP contribution in [-0.4, -0.2) is 56.6 Å². The first-order chi connectivity index (χ1) is 6.18. The summed E-state index contributed by atoms with van der Waals surface area (Å²) in [5.41, 5.74) is 5.62. The Morgan fingerprint density at radius 1 is 1.38 bits per heavy atom. The lowest BCUT2D eigenvalue weighted by atomic mass is 10.4. The molecule has 13 heavy (non-hydrogen) atoms. The zero-order chi connectivity index (χ0) is 9.68. The lowest BCUT2D eigenvalue weighted by Gasteiger charge is -2.32. The number of hydrogen-bond acceptors (Lipinski definition) is 5. The van der Waals surface area contributed by atoms with E-state index < -0.39 is 0 Å². The molecule has 0 saturated carbocycles. The molecule has 0 aromatic carbocycles. The molecule has 1 saturated heterocycles. The van der Waals surface area contributed by atoms with Crippen LogP contribution in [0.15, 0.2) is 0 Å². The minimum absolute atomic E-state index is 0.0369. The second-order valence-electron chi connectivity index (χ2n) is 3.75. The van der Waals surface area contributed by atoms with Gasteiger partial charge in [0.25, 0.3) is 0 Å². The van der Waals surface area contributed by atoms with E-state index in [1.54, 1.807) is 0 Å². The highest BCUT2D eigenvalue weighted by atomic mass is 15.4. The summed E-state index contributed by atoms with van der Waals surface area (Å²) in [6.45, 7) is 4.04. The van der Waals surface area contributed by atoms with Crippen molar-refractivity contribution in [1.29, 1.82) is 0 Å². The molecule has 0 radical (unpaired) electrons. The van der Waals surface area contributed by atoms with Gasteiger partial charge < -0.3 is 10.6 Å². The van der Waals surface area contributed by atoms with Gasteiger partial charge in [0.1, 0.15) is 6.29 Å². The Morgan fingerprint density at radius 2 is 2.00 bits per heavy atom. The van der Waals surface area contributed by atoms with Gasteiger partial charge in [-0.1, -0.05) is 0 Å². The van der Waals surface area contributed by atoms with E-state index in [1.807, 2.05) is 0 Å². The minimum atomic E-state index is -0.0369. The number of nitrogens with two attached hydrogens (primary N) is 1. The second-order valence-corrected chi connectivity index (χ2v) is 3.75. The largest absolute Gasteiger partial charge is 0.309 e. The quantitative estimate of drug-likeness (QED) is 0.505. The number of nitrogens with zero attached hydrogens (tertiary/aromatic N) is 2. The number of nitrogens with one attached hydrogen (secondary N) is 2. The Kier molecular flexibility index (Phi) is 4.61. The predicted molar refractivity (Wildman–Crippen MR) is 53.9 cm³/mol. The molecule has 1 rings (SSSR count). The molecule has 0 aromatic rings. The van der Waals surface area contributed by atoms with E-state index >= 15 is 0 Å². The summed E-state index contributed by atoms with van der Waals surface area (Å²) >= 11 is 0. The van der Waals surface area contributed by atoms with Crippen molar-refractivity contribution in [3.63, 3.8) is 0 Å². The third-order valence-electron chi connectivity index (χ3n) is 2.15. The maximum atomic E-state index is 5.62. The summed E-state index contributed by atoms with van der Waals surface area (Å²) in [5.74, 6) is 0. The van der Waals surface area contributed by atoms with Crippen molar-refractivity contribution in [2.45, 2.75) is 12.7 Å². The second kappa shape index (κ2) is 5.51. The molecule has 1 aliphatic heterocycles.